The standard InChI is InChI=1S/C26H26FNO6.Na/c1-31-21-11-6-20(7-12-21)25(28-32-2)17-34-22-9-3-18(4-10-22)16-33-23-13-5-19(24(27)15-23)8-14-26(29)30;/h3-7,9-13,15H,8,14,16-17H2,1-2H3,(H,29,30);/q;+1/p-1/b28-25-;. The molecule has 35 heavy (non-hydrogen) atoms. The van der Waals surface area contributed by atoms with Crippen LogP contribution >= 0.6 is 0 Å². The topological polar surface area (TPSA) is 89.4 Å². The molecule has 0 aromatic heterocycles. The number of benzene rings is 3. The predicted octanol–water partition coefficient (Wildman–Crippen LogP) is 0.529. The molecule has 178 valence electrons. The summed E-state index contributed by atoms with van der Waals surface area (Å²) in [6.07, 6.45) is -0.157. The number of aryl methyl sites for hydroxylation is 1. The van der Waals surface area contributed by atoms with Crippen molar-refractivity contribution in [2.24, 2.45) is 5.16 Å². The first-order chi connectivity index (χ1) is 16.5. The van der Waals surface area contributed by atoms with E-state index in [4.69, 9.17) is 19.0 Å². The summed E-state index contributed by atoms with van der Waals surface area (Å²) in [5, 5.41) is 14.6. The van der Waals surface area contributed by atoms with Gasteiger partial charge in [-0.15, -0.1) is 0 Å². The number of halogens is 1. The van der Waals surface area contributed by atoms with Crippen molar-refractivity contribution in [1.29, 1.82) is 0 Å². The van der Waals surface area contributed by atoms with Crippen LogP contribution in [0.1, 0.15) is 23.1 Å². The number of hydrogen-bond acceptors (Lipinski definition) is 7. The van der Waals surface area contributed by atoms with E-state index in [1.54, 1.807) is 25.3 Å². The van der Waals surface area contributed by atoms with Crippen LogP contribution < -0.4 is 48.9 Å². The molecule has 0 aliphatic carbocycles. The molecule has 0 N–H and O–H groups in total. The van der Waals surface area contributed by atoms with Crippen LogP contribution in [0.25, 0.3) is 0 Å². The average molecular weight is 489 g/mol. The van der Waals surface area contributed by atoms with Gasteiger partial charge in [0.25, 0.3) is 0 Å². The number of carboxylic acid groups (broad SMARTS) is 1. The Morgan fingerprint density at radius 2 is 1.57 bits per heavy atom. The Kier molecular flexibility index (Phi) is 11.6. The molecule has 0 heterocycles. The summed E-state index contributed by atoms with van der Waals surface area (Å²) >= 11 is 0. The number of hydrogen-bond donors (Lipinski definition) is 0. The molecule has 0 unspecified atom stereocenters. The molecule has 3 aromatic rings. The maximum absolute atomic E-state index is 14.1. The van der Waals surface area contributed by atoms with E-state index in [1.807, 2.05) is 36.4 Å². The second-order valence-electron chi connectivity index (χ2n) is 7.30. The van der Waals surface area contributed by atoms with Gasteiger partial charge in [0.2, 0.25) is 0 Å². The molecule has 0 atom stereocenters. The van der Waals surface area contributed by atoms with E-state index in [1.165, 1.54) is 19.2 Å². The van der Waals surface area contributed by atoms with Crippen molar-refractivity contribution in [2.75, 3.05) is 20.8 Å². The first-order valence-electron chi connectivity index (χ1n) is 10.6. The number of carboxylic acids is 1. The van der Waals surface area contributed by atoms with E-state index in [9.17, 15) is 14.3 Å². The number of oxime groups is 1. The summed E-state index contributed by atoms with van der Waals surface area (Å²) in [6.45, 7) is 0.444. The molecule has 0 amide bonds. The number of carbonyl (C=O) groups is 1. The van der Waals surface area contributed by atoms with E-state index in [0.29, 0.717) is 22.8 Å². The molecule has 0 bridgehead atoms. The fourth-order valence-corrected chi connectivity index (χ4v) is 3.11. The fraction of sp³-hybridized carbons (Fsp3) is 0.231. The van der Waals surface area contributed by atoms with Crippen LogP contribution in [0.15, 0.2) is 71.9 Å². The van der Waals surface area contributed by atoms with Gasteiger partial charge in [0.1, 0.15) is 49.1 Å². The SMILES string of the molecule is CO/N=C(/COc1ccc(COc2ccc(CCC(=O)[O-])c(F)c2)cc1)c1ccc(OC)cc1.[Na+]. The number of carbonyl (C=O) groups excluding carboxylic acids is 1. The van der Waals surface area contributed by atoms with Crippen molar-refractivity contribution in [3.8, 4) is 17.2 Å². The molecule has 0 radical (unpaired) electrons. The molecule has 3 aromatic carbocycles. The van der Waals surface area contributed by atoms with Gasteiger partial charge in [-0.05, 0) is 66.4 Å². The summed E-state index contributed by atoms with van der Waals surface area (Å²) in [4.78, 5) is 15.5. The normalized spacial score (nSPS) is 10.8. The van der Waals surface area contributed by atoms with E-state index >= 15 is 0 Å². The third-order valence-corrected chi connectivity index (χ3v) is 4.95. The van der Waals surface area contributed by atoms with Crippen LogP contribution in [0.5, 0.6) is 17.2 Å². The third kappa shape index (κ3) is 8.90. The van der Waals surface area contributed by atoms with E-state index in [2.05, 4.69) is 5.16 Å². The van der Waals surface area contributed by atoms with Gasteiger partial charge < -0.3 is 28.9 Å². The van der Waals surface area contributed by atoms with E-state index < -0.39 is 11.8 Å². The summed E-state index contributed by atoms with van der Waals surface area (Å²) in [5.74, 6) is 0.0240. The Balaban J connectivity index is 0.00000432. The first kappa shape index (κ1) is 28.2. The van der Waals surface area contributed by atoms with Crippen LogP contribution in [-0.4, -0.2) is 32.5 Å². The third-order valence-electron chi connectivity index (χ3n) is 4.95. The smallest absolute Gasteiger partial charge is 0.550 e. The molecule has 0 fully saturated rings. The van der Waals surface area contributed by atoms with Gasteiger partial charge in [-0.3, -0.25) is 0 Å². The van der Waals surface area contributed by atoms with Gasteiger partial charge in [0.05, 0.1) is 7.11 Å². The predicted molar refractivity (Wildman–Crippen MR) is 123 cm³/mol. The Bertz CT molecular complexity index is 1120. The van der Waals surface area contributed by atoms with Crippen LogP contribution in [0.3, 0.4) is 0 Å². The largest absolute Gasteiger partial charge is 1.00 e. The van der Waals surface area contributed by atoms with Crippen molar-refractivity contribution in [3.05, 3.63) is 89.2 Å². The molecule has 9 heteroatoms. The summed E-state index contributed by atoms with van der Waals surface area (Å²) in [6, 6.07) is 19.1. The van der Waals surface area contributed by atoms with Gasteiger partial charge >= 0.3 is 29.6 Å². The zero-order valence-electron chi connectivity index (χ0n) is 20.0. The van der Waals surface area contributed by atoms with Crippen LogP contribution in [-0.2, 0) is 22.7 Å². The first-order valence-corrected chi connectivity index (χ1v) is 10.6. The molecule has 0 saturated carbocycles. The molecular formula is C26H25FNNaO6. The number of methoxy groups -OCH3 is 1. The van der Waals surface area contributed by atoms with Crippen LogP contribution in [0.4, 0.5) is 4.39 Å². The van der Waals surface area contributed by atoms with E-state index in [0.717, 1.165) is 16.9 Å². The Morgan fingerprint density at radius 1 is 0.914 bits per heavy atom. The molecule has 0 aliphatic heterocycles. The van der Waals surface area contributed by atoms with E-state index in [-0.39, 0.29) is 55.6 Å². The van der Waals surface area contributed by atoms with Gasteiger partial charge in [-0.1, -0.05) is 23.4 Å². The molecular weight excluding hydrogens is 464 g/mol. The molecule has 0 saturated heterocycles. The summed E-state index contributed by atoms with van der Waals surface area (Å²) in [7, 11) is 3.08. The second kappa shape index (κ2) is 14.4. The zero-order valence-corrected chi connectivity index (χ0v) is 22.0. The number of aliphatic carboxylic acids is 1. The Labute approximate surface area is 225 Å². The zero-order chi connectivity index (χ0) is 24.3. The van der Waals surface area contributed by atoms with Crippen molar-refractivity contribution >= 4 is 11.7 Å². The van der Waals surface area contributed by atoms with Crippen molar-refractivity contribution in [1.82, 2.24) is 0 Å². The quantitative estimate of drug-likeness (QED) is 0.210. The summed E-state index contributed by atoms with van der Waals surface area (Å²) in [5.41, 5.74) is 2.66. The fourth-order valence-electron chi connectivity index (χ4n) is 3.11. The minimum atomic E-state index is -1.21. The van der Waals surface area contributed by atoms with Gasteiger partial charge in [0.15, 0.2) is 0 Å². The van der Waals surface area contributed by atoms with Crippen molar-refractivity contribution in [2.45, 2.75) is 19.4 Å². The van der Waals surface area contributed by atoms with Crippen molar-refractivity contribution < 1.29 is 62.9 Å². The molecule has 0 spiro atoms. The van der Waals surface area contributed by atoms with Gasteiger partial charge in [-0.2, -0.15) is 0 Å². The maximum atomic E-state index is 14.1. The molecule has 3 rings (SSSR count). The van der Waals surface area contributed by atoms with Gasteiger partial charge in [0, 0.05) is 17.6 Å². The Morgan fingerprint density at radius 3 is 2.17 bits per heavy atom. The maximum Gasteiger partial charge on any atom is 1.00 e. The van der Waals surface area contributed by atoms with Crippen LogP contribution in [0.2, 0.25) is 0 Å². The average Bonchev–Trinajstić information content (AvgIpc) is 2.85. The van der Waals surface area contributed by atoms with Crippen molar-refractivity contribution in [3.63, 3.8) is 0 Å². The van der Waals surface area contributed by atoms with Gasteiger partial charge in [-0.25, -0.2) is 4.39 Å². The summed E-state index contributed by atoms with van der Waals surface area (Å²) < 4.78 is 30.8. The minimum absolute atomic E-state index is 0. The van der Waals surface area contributed by atoms with Crippen LogP contribution in [0, 0.1) is 5.82 Å². The minimum Gasteiger partial charge on any atom is -0.550 e. The number of rotatable bonds is 12. The second-order valence-corrected chi connectivity index (χ2v) is 7.30. The monoisotopic (exact) mass is 489 g/mol. The molecule has 7 nitrogen and oxygen atoms in total. The number of ether oxygens (including phenoxy) is 3. The molecule has 0 aliphatic rings. The Hall–Kier alpha value is -3.07. The number of nitrogens with zero attached hydrogens (tertiary/aromatic N) is 1.